The van der Waals surface area contributed by atoms with E-state index in [0.717, 1.165) is 18.5 Å². The van der Waals surface area contributed by atoms with Gasteiger partial charge < -0.3 is 9.80 Å². The Bertz CT molecular complexity index is 748. The molecule has 2 fully saturated rings. The number of carbonyl (C=O) groups is 2. The molecular formula is C19H19N3O2. The standard InChI is InChI=1S/C19H19N3O2/c23-18-10-9-16-17(22(18)14-6-2-1-3-7-14)11-13-21(16)19(24)15-8-4-5-12-20-15/h1-8,12,16-17H,9-11,13H2/t16-,17-/m0/s1. The molecule has 2 amide bonds. The number of piperidine rings is 1. The van der Waals surface area contributed by atoms with Crippen LogP contribution < -0.4 is 4.90 Å². The summed E-state index contributed by atoms with van der Waals surface area (Å²) >= 11 is 0. The number of carbonyl (C=O) groups excluding carboxylic acids is 2. The maximum Gasteiger partial charge on any atom is 0.272 e. The number of fused-ring (bicyclic) bond motifs is 1. The number of hydrogen-bond acceptors (Lipinski definition) is 3. The molecule has 24 heavy (non-hydrogen) atoms. The Labute approximate surface area is 140 Å². The van der Waals surface area contributed by atoms with Gasteiger partial charge in [-0.2, -0.15) is 0 Å². The second-order valence-electron chi connectivity index (χ2n) is 6.27. The number of nitrogens with zero attached hydrogens (tertiary/aromatic N) is 3. The highest BCUT2D eigenvalue weighted by Gasteiger charge is 2.45. The van der Waals surface area contributed by atoms with Crippen molar-refractivity contribution in [2.45, 2.75) is 31.3 Å². The van der Waals surface area contributed by atoms with Crippen molar-refractivity contribution < 1.29 is 9.59 Å². The van der Waals surface area contributed by atoms with Crippen molar-refractivity contribution in [2.75, 3.05) is 11.4 Å². The van der Waals surface area contributed by atoms with Crippen molar-refractivity contribution in [1.29, 1.82) is 0 Å². The predicted molar refractivity (Wildman–Crippen MR) is 90.6 cm³/mol. The van der Waals surface area contributed by atoms with Gasteiger partial charge in [-0.3, -0.25) is 14.6 Å². The van der Waals surface area contributed by atoms with Gasteiger partial charge in [-0.25, -0.2) is 0 Å². The van der Waals surface area contributed by atoms with E-state index in [1.165, 1.54) is 0 Å². The predicted octanol–water partition coefficient (Wildman–Crippen LogP) is 2.49. The lowest BCUT2D eigenvalue weighted by molar-refractivity contribution is -0.120. The van der Waals surface area contributed by atoms with Crippen LogP contribution in [0.3, 0.4) is 0 Å². The van der Waals surface area contributed by atoms with Crippen LogP contribution in [0.2, 0.25) is 0 Å². The lowest BCUT2D eigenvalue weighted by Crippen LogP contribution is -2.53. The monoisotopic (exact) mass is 321 g/mol. The van der Waals surface area contributed by atoms with E-state index in [9.17, 15) is 9.59 Å². The lowest BCUT2D eigenvalue weighted by atomic mass is 9.95. The van der Waals surface area contributed by atoms with Crippen LogP contribution in [0, 0.1) is 0 Å². The van der Waals surface area contributed by atoms with E-state index in [1.54, 1.807) is 18.3 Å². The molecule has 4 rings (SSSR count). The van der Waals surface area contributed by atoms with E-state index in [0.29, 0.717) is 18.7 Å². The van der Waals surface area contributed by atoms with E-state index < -0.39 is 0 Å². The van der Waals surface area contributed by atoms with E-state index in [4.69, 9.17) is 0 Å². The van der Waals surface area contributed by atoms with Gasteiger partial charge >= 0.3 is 0 Å². The van der Waals surface area contributed by atoms with Gasteiger partial charge in [-0.1, -0.05) is 24.3 Å². The SMILES string of the molecule is O=C(c1ccccn1)N1CC[C@H]2[C@@H]1CCC(=O)N2c1ccccc1. The normalized spacial score (nSPS) is 23.2. The Balaban J connectivity index is 1.61. The molecule has 2 saturated heterocycles. The molecule has 5 heteroatoms. The minimum absolute atomic E-state index is 0.0366. The summed E-state index contributed by atoms with van der Waals surface area (Å²) in [4.78, 5) is 33.2. The van der Waals surface area contributed by atoms with Gasteiger partial charge in [-0.15, -0.1) is 0 Å². The molecule has 5 nitrogen and oxygen atoms in total. The highest BCUT2D eigenvalue weighted by atomic mass is 16.2. The summed E-state index contributed by atoms with van der Waals surface area (Å²) in [6, 6.07) is 15.3. The van der Waals surface area contributed by atoms with Gasteiger partial charge in [0.05, 0.1) is 12.1 Å². The second-order valence-corrected chi connectivity index (χ2v) is 6.27. The molecule has 3 heterocycles. The summed E-state index contributed by atoms with van der Waals surface area (Å²) < 4.78 is 0. The van der Waals surface area contributed by atoms with Crippen molar-refractivity contribution in [3.8, 4) is 0 Å². The fourth-order valence-corrected chi connectivity index (χ4v) is 3.88. The first-order chi connectivity index (χ1) is 11.8. The Morgan fingerprint density at radius 3 is 2.54 bits per heavy atom. The van der Waals surface area contributed by atoms with Crippen molar-refractivity contribution in [3.63, 3.8) is 0 Å². The number of benzene rings is 1. The molecule has 1 aromatic carbocycles. The number of aromatic nitrogens is 1. The molecule has 0 spiro atoms. The molecule has 2 atom stereocenters. The Morgan fingerprint density at radius 2 is 1.79 bits per heavy atom. The molecule has 122 valence electrons. The van der Waals surface area contributed by atoms with Gasteiger partial charge in [0, 0.05) is 24.8 Å². The van der Waals surface area contributed by atoms with E-state index >= 15 is 0 Å². The van der Waals surface area contributed by atoms with Crippen molar-refractivity contribution >= 4 is 17.5 Å². The Kier molecular flexibility index (Phi) is 3.76. The molecule has 0 radical (unpaired) electrons. The topological polar surface area (TPSA) is 53.5 Å². The van der Waals surface area contributed by atoms with Crippen LogP contribution in [-0.2, 0) is 4.79 Å². The van der Waals surface area contributed by atoms with Crippen LogP contribution in [0.5, 0.6) is 0 Å². The van der Waals surface area contributed by atoms with Crippen LogP contribution in [0.15, 0.2) is 54.7 Å². The van der Waals surface area contributed by atoms with Crippen LogP contribution in [0.4, 0.5) is 5.69 Å². The average Bonchev–Trinajstić information content (AvgIpc) is 3.06. The zero-order chi connectivity index (χ0) is 16.5. The van der Waals surface area contributed by atoms with Gasteiger partial charge in [0.15, 0.2) is 0 Å². The first-order valence-corrected chi connectivity index (χ1v) is 8.35. The highest BCUT2D eigenvalue weighted by Crippen LogP contribution is 2.35. The molecular weight excluding hydrogens is 302 g/mol. The van der Waals surface area contributed by atoms with Crippen LogP contribution in [0.1, 0.15) is 29.8 Å². The largest absolute Gasteiger partial charge is 0.332 e. The van der Waals surface area contributed by atoms with Gasteiger partial charge in [0.1, 0.15) is 5.69 Å². The summed E-state index contributed by atoms with van der Waals surface area (Å²) in [7, 11) is 0. The number of amides is 2. The molecule has 0 saturated carbocycles. The first kappa shape index (κ1) is 14.9. The summed E-state index contributed by atoms with van der Waals surface area (Å²) in [5.74, 6) is 0.111. The van der Waals surface area contributed by atoms with Crippen LogP contribution >= 0.6 is 0 Å². The van der Waals surface area contributed by atoms with Crippen molar-refractivity contribution in [2.24, 2.45) is 0 Å². The maximum atomic E-state index is 12.8. The lowest BCUT2D eigenvalue weighted by Gasteiger charge is -2.39. The number of rotatable bonds is 2. The van der Waals surface area contributed by atoms with E-state index in [2.05, 4.69) is 4.98 Å². The van der Waals surface area contributed by atoms with Crippen molar-refractivity contribution in [1.82, 2.24) is 9.88 Å². The average molecular weight is 321 g/mol. The Hall–Kier alpha value is -2.69. The van der Waals surface area contributed by atoms with Crippen LogP contribution in [0.25, 0.3) is 0 Å². The summed E-state index contributed by atoms with van der Waals surface area (Å²) in [5, 5.41) is 0. The number of anilines is 1. The molecule has 1 aromatic heterocycles. The third kappa shape index (κ3) is 2.46. The number of hydrogen-bond donors (Lipinski definition) is 0. The quantitative estimate of drug-likeness (QED) is 0.854. The van der Waals surface area contributed by atoms with Crippen LogP contribution in [-0.4, -0.2) is 40.3 Å². The molecule has 0 bridgehead atoms. The fourth-order valence-electron chi connectivity index (χ4n) is 3.88. The third-order valence-corrected chi connectivity index (χ3v) is 4.94. The van der Waals surface area contributed by atoms with E-state index in [-0.39, 0.29) is 23.9 Å². The zero-order valence-corrected chi connectivity index (χ0v) is 13.3. The molecule has 0 N–H and O–H groups in total. The second kappa shape index (κ2) is 6.07. The zero-order valence-electron chi connectivity index (χ0n) is 13.3. The first-order valence-electron chi connectivity index (χ1n) is 8.35. The van der Waals surface area contributed by atoms with Gasteiger partial charge in [0.2, 0.25) is 5.91 Å². The summed E-state index contributed by atoms with van der Waals surface area (Å²) in [6.07, 6.45) is 3.65. The minimum atomic E-state index is -0.0366. The molecule has 0 unspecified atom stereocenters. The highest BCUT2D eigenvalue weighted by molar-refractivity contribution is 5.97. The number of pyridine rings is 1. The number of likely N-dealkylation sites (tertiary alicyclic amines) is 1. The van der Waals surface area contributed by atoms with Gasteiger partial charge in [-0.05, 0) is 37.1 Å². The molecule has 2 aliphatic rings. The minimum Gasteiger partial charge on any atom is -0.332 e. The third-order valence-electron chi connectivity index (χ3n) is 4.94. The van der Waals surface area contributed by atoms with E-state index in [1.807, 2.05) is 46.2 Å². The Morgan fingerprint density at radius 1 is 1.00 bits per heavy atom. The van der Waals surface area contributed by atoms with Crippen molar-refractivity contribution in [3.05, 3.63) is 60.4 Å². The maximum absolute atomic E-state index is 12.8. The summed E-state index contributed by atoms with van der Waals surface area (Å²) in [5.41, 5.74) is 1.39. The smallest absolute Gasteiger partial charge is 0.272 e. The fraction of sp³-hybridized carbons (Fsp3) is 0.316. The number of para-hydroxylation sites is 1. The molecule has 2 aliphatic heterocycles. The summed E-state index contributed by atoms with van der Waals surface area (Å²) in [6.45, 7) is 0.668. The molecule has 0 aliphatic carbocycles. The molecule has 2 aromatic rings. The van der Waals surface area contributed by atoms with Gasteiger partial charge in [0.25, 0.3) is 5.91 Å².